The van der Waals surface area contributed by atoms with Gasteiger partial charge in [-0.1, -0.05) is 30.1 Å². The number of carbonyl (C=O) groups is 1. The Morgan fingerprint density at radius 2 is 1.50 bits per heavy atom. The lowest BCUT2D eigenvalue weighted by Gasteiger charge is -2.35. The molecule has 0 spiro atoms. The van der Waals surface area contributed by atoms with Gasteiger partial charge in [0, 0.05) is 53.4 Å². The fraction of sp³-hybridized carbons (Fsp3) is 0.296. The molecule has 4 rings (SSSR count). The zero-order valence-electron chi connectivity index (χ0n) is 20.5. The van der Waals surface area contributed by atoms with Gasteiger partial charge in [0.2, 0.25) is 0 Å². The van der Waals surface area contributed by atoms with E-state index in [1.54, 1.807) is 12.1 Å². The number of hydrogen-bond donors (Lipinski definition) is 0. The van der Waals surface area contributed by atoms with Crippen LogP contribution in [0, 0.1) is 17.6 Å². The lowest BCUT2D eigenvalue weighted by molar-refractivity contribution is 0.0870. The van der Waals surface area contributed by atoms with E-state index >= 15 is 0 Å². The van der Waals surface area contributed by atoms with Crippen LogP contribution >= 0.6 is 23.2 Å². The molecule has 38 heavy (non-hydrogen) atoms. The molecule has 1 aliphatic heterocycles. The summed E-state index contributed by atoms with van der Waals surface area (Å²) in [7, 11) is -4.21. The molecule has 11 heteroatoms. The molecule has 2 atom stereocenters. The van der Waals surface area contributed by atoms with Crippen molar-refractivity contribution < 1.29 is 26.7 Å². The largest absolute Gasteiger partial charge is 0.449 e. The number of amides is 1. The molecule has 0 unspecified atom stereocenters. The molecule has 0 aliphatic carbocycles. The second-order valence-corrected chi connectivity index (χ2v) is 12.0. The third kappa shape index (κ3) is 6.39. The summed E-state index contributed by atoms with van der Waals surface area (Å²) in [5.74, 6) is -2.54. The molecule has 1 fully saturated rings. The van der Waals surface area contributed by atoms with E-state index in [0.29, 0.717) is 36.2 Å². The topological polar surface area (TPSA) is 66.9 Å². The van der Waals surface area contributed by atoms with Gasteiger partial charge in [-0.2, -0.15) is 0 Å². The van der Waals surface area contributed by atoms with Gasteiger partial charge in [0.15, 0.2) is 9.84 Å². The first kappa shape index (κ1) is 28.1. The third-order valence-corrected chi connectivity index (χ3v) is 9.28. The first-order chi connectivity index (χ1) is 18.1. The van der Waals surface area contributed by atoms with Crippen LogP contribution in [0.25, 0.3) is 0 Å². The highest BCUT2D eigenvalue weighted by atomic mass is 35.5. The van der Waals surface area contributed by atoms with Crippen molar-refractivity contribution >= 4 is 44.8 Å². The number of benzene rings is 3. The Balaban J connectivity index is 1.47. The zero-order chi connectivity index (χ0) is 27.4. The van der Waals surface area contributed by atoms with Crippen molar-refractivity contribution in [2.24, 2.45) is 5.92 Å². The van der Waals surface area contributed by atoms with E-state index in [4.69, 9.17) is 27.9 Å². The number of halogens is 4. The number of rotatable bonds is 7. The van der Waals surface area contributed by atoms with Crippen LogP contribution in [-0.2, 0) is 14.6 Å². The highest BCUT2D eigenvalue weighted by molar-refractivity contribution is 7.91. The van der Waals surface area contributed by atoms with Crippen LogP contribution in [0.15, 0.2) is 71.6 Å². The molecule has 1 saturated heterocycles. The van der Waals surface area contributed by atoms with E-state index in [9.17, 15) is 22.0 Å². The Bertz CT molecular complexity index is 1380. The van der Waals surface area contributed by atoms with Gasteiger partial charge in [-0.3, -0.25) is 0 Å². The summed E-state index contributed by atoms with van der Waals surface area (Å²) in [6.07, 6.45) is -0.602. The molecule has 1 heterocycles. The van der Waals surface area contributed by atoms with Crippen LogP contribution < -0.4 is 4.90 Å². The normalized spacial score (nSPS) is 15.7. The van der Waals surface area contributed by atoms with Gasteiger partial charge in [0.25, 0.3) is 0 Å². The predicted octanol–water partition coefficient (Wildman–Crippen LogP) is 6.38. The Morgan fingerprint density at radius 1 is 0.921 bits per heavy atom. The molecule has 3 aromatic rings. The number of anilines is 1. The summed E-state index contributed by atoms with van der Waals surface area (Å²) >= 11 is 11.9. The first-order valence-electron chi connectivity index (χ1n) is 11.9. The third-order valence-electron chi connectivity index (χ3n) is 6.46. The Morgan fingerprint density at radius 3 is 2.11 bits per heavy atom. The van der Waals surface area contributed by atoms with Crippen molar-refractivity contribution in [2.45, 2.75) is 17.1 Å². The highest BCUT2D eigenvalue weighted by Crippen LogP contribution is 2.37. The van der Waals surface area contributed by atoms with E-state index in [1.165, 1.54) is 36.1 Å². The molecule has 202 valence electrons. The molecule has 1 aliphatic rings. The Labute approximate surface area is 230 Å². The summed E-state index contributed by atoms with van der Waals surface area (Å²) in [5, 5.41) is -0.538. The van der Waals surface area contributed by atoms with Crippen LogP contribution in [0.5, 0.6) is 0 Å². The molecule has 0 radical (unpaired) electrons. The van der Waals surface area contributed by atoms with Crippen molar-refractivity contribution in [2.75, 3.05) is 37.7 Å². The van der Waals surface area contributed by atoms with Crippen molar-refractivity contribution in [3.63, 3.8) is 0 Å². The molecular formula is C27H26Cl2F2N2O4S. The quantitative estimate of drug-likeness (QED) is 0.323. The minimum absolute atomic E-state index is 0.105. The van der Waals surface area contributed by atoms with Crippen molar-refractivity contribution in [1.82, 2.24) is 4.90 Å². The summed E-state index contributed by atoms with van der Waals surface area (Å²) in [4.78, 5) is 16.3. The van der Waals surface area contributed by atoms with E-state index in [2.05, 4.69) is 4.90 Å². The SMILES string of the molecule is C[C@H](COC(=O)N1CCN(c2ccc(Cl)cc2)CC1)[C@@H](c1cc(F)ccc1F)S(=O)(=O)c1ccc(Cl)cc1. The Kier molecular flexibility index (Phi) is 8.80. The molecule has 3 aromatic carbocycles. The van der Waals surface area contributed by atoms with E-state index in [1.807, 2.05) is 12.1 Å². The Hall–Kier alpha value is -2.88. The van der Waals surface area contributed by atoms with Gasteiger partial charge in [0.05, 0.1) is 16.8 Å². The lowest BCUT2D eigenvalue weighted by Crippen LogP contribution is -2.49. The van der Waals surface area contributed by atoms with E-state index in [-0.39, 0.29) is 17.1 Å². The monoisotopic (exact) mass is 582 g/mol. The maximum Gasteiger partial charge on any atom is 0.409 e. The number of sulfone groups is 1. The maximum absolute atomic E-state index is 14.8. The molecule has 0 aromatic heterocycles. The van der Waals surface area contributed by atoms with Crippen molar-refractivity contribution in [3.05, 3.63) is 94.0 Å². The number of carbonyl (C=O) groups excluding carboxylic acids is 1. The second kappa shape index (κ2) is 11.9. The molecule has 1 amide bonds. The van der Waals surface area contributed by atoms with Crippen molar-refractivity contribution in [1.29, 1.82) is 0 Å². The van der Waals surface area contributed by atoms with Gasteiger partial charge in [-0.15, -0.1) is 0 Å². The molecular weight excluding hydrogens is 557 g/mol. The summed E-state index contributed by atoms with van der Waals surface area (Å²) in [6, 6.07) is 15.5. The molecule has 6 nitrogen and oxygen atoms in total. The zero-order valence-corrected chi connectivity index (χ0v) is 22.8. The highest BCUT2D eigenvalue weighted by Gasteiger charge is 2.37. The van der Waals surface area contributed by atoms with Gasteiger partial charge in [-0.05, 0) is 66.7 Å². The van der Waals surface area contributed by atoms with Crippen LogP contribution in [0.3, 0.4) is 0 Å². The second-order valence-electron chi connectivity index (χ2n) is 9.09. The molecule has 0 N–H and O–H groups in total. The standard InChI is InChI=1S/C27H26Cl2F2N2O4S/c1-18(17-37-27(34)33-14-12-32(13-15-33)22-7-2-19(28)3-8-22)26(24-16-21(30)6-11-25(24)31)38(35,36)23-9-4-20(29)5-10-23/h2-11,16,18,26H,12-15,17H2,1H3/t18-,26+/m1/s1. The average molecular weight is 583 g/mol. The summed E-state index contributed by atoms with van der Waals surface area (Å²) in [5.41, 5.74) is 0.656. The van der Waals surface area contributed by atoms with Gasteiger partial charge < -0.3 is 14.5 Å². The predicted molar refractivity (Wildman–Crippen MR) is 143 cm³/mol. The van der Waals surface area contributed by atoms with E-state index in [0.717, 1.165) is 23.9 Å². The van der Waals surface area contributed by atoms with Crippen LogP contribution in [-0.4, -0.2) is 52.2 Å². The summed E-state index contributed by atoms with van der Waals surface area (Å²) < 4.78 is 61.5. The average Bonchev–Trinajstić information content (AvgIpc) is 2.90. The fourth-order valence-electron chi connectivity index (χ4n) is 4.46. The van der Waals surface area contributed by atoms with Crippen molar-refractivity contribution in [3.8, 4) is 0 Å². The van der Waals surface area contributed by atoms with E-state index < -0.39 is 38.7 Å². The minimum atomic E-state index is -4.21. The van der Waals surface area contributed by atoms with Gasteiger partial charge >= 0.3 is 6.09 Å². The first-order valence-corrected chi connectivity index (χ1v) is 14.2. The van der Waals surface area contributed by atoms with Gasteiger partial charge in [-0.25, -0.2) is 22.0 Å². The summed E-state index contributed by atoms with van der Waals surface area (Å²) in [6.45, 7) is 3.17. The molecule has 0 bridgehead atoms. The van der Waals surface area contributed by atoms with Crippen LogP contribution in [0.1, 0.15) is 17.7 Å². The van der Waals surface area contributed by atoms with Gasteiger partial charge in [0.1, 0.15) is 11.6 Å². The molecule has 0 saturated carbocycles. The number of ether oxygens (including phenoxy) is 1. The smallest absolute Gasteiger partial charge is 0.409 e. The lowest BCUT2D eigenvalue weighted by atomic mass is 10.0. The maximum atomic E-state index is 14.8. The number of nitrogens with zero attached hydrogens (tertiary/aromatic N) is 2. The van der Waals surface area contributed by atoms with Crippen LogP contribution in [0.4, 0.5) is 19.3 Å². The fourth-order valence-corrected chi connectivity index (χ4v) is 6.73. The number of piperazine rings is 1. The number of hydrogen-bond acceptors (Lipinski definition) is 5. The minimum Gasteiger partial charge on any atom is -0.449 e. The van der Waals surface area contributed by atoms with Crippen LogP contribution in [0.2, 0.25) is 10.0 Å².